The van der Waals surface area contributed by atoms with Gasteiger partial charge in [0, 0.05) is 5.56 Å². The second-order valence-electron chi connectivity index (χ2n) is 6.51. The van der Waals surface area contributed by atoms with Crippen molar-refractivity contribution in [1.82, 2.24) is 4.98 Å². The smallest absolute Gasteiger partial charge is 0.314 e. The number of aromatic nitrogens is 1. The van der Waals surface area contributed by atoms with Gasteiger partial charge in [0.1, 0.15) is 11.3 Å². The first-order chi connectivity index (χ1) is 13.1. The van der Waals surface area contributed by atoms with Crippen molar-refractivity contribution in [3.63, 3.8) is 0 Å². The fourth-order valence-corrected chi connectivity index (χ4v) is 2.94. The van der Waals surface area contributed by atoms with Crippen molar-refractivity contribution in [2.24, 2.45) is 5.92 Å². The first kappa shape index (κ1) is 18.8. The number of para-hydroxylation sites is 1. The minimum Gasteiger partial charge on any atom is -0.437 e. The highest BCUT2D eigenvalue weighted by atomic mass is 16.5. The number of rotatable bonds is 7. The van der Waals surface area contributed by atoms with Crippen molar-refractivity contribution in [1.29, 1.82) is 0 Å². The fourth-order valence-electron chi connectivity index (χ4n) is 2.94. The lowest BCUT2D eigenvalue weighted by molar-refractivity contribution is -0.139. The number of fused-ring (bicyclic) bond motifs is 1. The van der Waals surface area contributed by atoms with Crippen molar-refractivity contribution in [2.75, 3.05) is 0 Å². The number of carbonyl (C=O) groups excluding carboxylic acids is 1. The van der Waals surface area contributed by atoms with E-state index in [0.717, 1.165) is 25.7 Å². The summed E-state index contributed by atoms with van der Waals surface area (Å²) >= 11 is 0. The Balaban J connectivity index is 1.77. The summed E-state index contributed by atoms with van der Waals surface area (Å²) in [7, 11) is 0. The van der Waals surface area contributed by atoms with Crippen molar-refractivity contribution in [3.8, 4) is 17.2 Å². The number of ether oxygens (including phenoxy) is 1. The lowest BCUT2D eigenvalue weighted by Gasteiger charge is -2.13. The summed E-state index contributed by atoms with van der Waals surface area (Å²) in [6.45, 7) is 4.11. The first-order valence-corrected chi connectivity index (χ1v) is 9.34. The van der Waals surface area contributed by atoms with E-state index in [0.29, 0.717) is 22.3 Å². The van der Waals surface area contributed by atoms with Crippen LogP contribution in [0, 0.1) is 5.92 Å². The molecule has 0 bridgehead atoms. The molecule has 2 aromatic carbocycles. The van der Waals surface area contributed by atoms with Gasteiger partial charge in [-0.3, -0.25) is 9.59 Å². The molecular formula is C22H23NO4. The van der Waals surface area contributed by atoms with Gasteiger partial charge in [0.05, 0.1) is 11.3 Å². The van der Waals surface area contributed by atoms with Crippen LogP contribution in [0.3, 0.4) is 0 Å². The van der Waals surface area contributed by atoms with Crippen LogP contribution in [0.15, 0.2) is 57.7 Å². The topological polar surface area (TPSA) is 69.4 Å². The monoisotopic (exact) mass is 365 g/mol. The van der Waals surface area contributed by atoms with Crippen molar-refractivity contribution in [3.05, 3.63) is 58.9 Å². The average molecular weight is 365 g/mol. The zero-order valence-corrected chi connectivity index (χ0v) is 15.6. The van der Waals surface area contributed by atoms with Gasteiger partial charge in [-0.2, -0.15) is 4.98 Å². The average Bonchev–Trinajstić information content (AvgIpc) is 2.69. The van der Waals surface area contributed by atoms with Crippen LogP contribution < -0.4 is 10.3 Å². The van der Waals surface area contributed by atoms with Gasteiger partial charge in [-0.05, 0) is 49.2 Å². The Morgan fingerprint density at radius 3 is 2.56 bits per heavy atom. The molecule has 27 heavy (non-hydrogen) atoms. The normalized spacial score (nSPS) is 12.1. The second-order valence-corrected chi connectivity index (χ2v) is 6.51. The molecule has 0 amide bonds. The summed E-state index contributed by atoms with van der Waals surface area (Å²) in [4.78, 5) is 28.4. The van der Waals surface area contributed by atoms with Gasteiger partial charge in [0.25, 0.3) is 5.56 Å². The molecule has 0 aliphatic heterocycles. The highest BCUT2D eigenvalue weighted by Gasteiger charge is 2.18. The number of esters is 1. The summed E-state index contributed by atoms with van der Waals surface area (Å²) in [6, 6.07) is 13.8. The molecule has 0 spiro atoms. The maximum atomic E-state index is 12.3. The standard InChI is InChI=1S/C22H23NO4/c1-3-5-8-15(4-2)22(25)26-17-13-11-16(12-14-17)21-23-20(24)18-9-6-7-10-19(18)27-21/h6-7,9-15H,3-5,8H2,1-2H3. The van der Waals surface area contributed by atoms with E-state index >= 15 is 0 Å². The van der Waals surface area contributed by atoms with Crippen LogP contribution >= 0.6 is 0 Å². The quantitative estimate of drug-likeness (QED) is 0.436. The van der Waals surface area contributed by atoms with E-state index < -0.39 is 0 Å². The Bertz CT molecular complexity index is 976. The number of unbranched alkanes of at least 4 members (excludes halogenated alkanes) is 1. The summed E-state index contributed by atoms with van der Waals surface area (Å²) in [5.41, 5.74) is 0.810. The van der Waals surface area contributed by atoms with Crippen LogP contribution in [0.4, 0.5) is 0 Å². The van der Waals surface area contributed by atoms with Gasteiger partial charge in [-0.1, -0.05) is 38.8 Å². The molecule has 0 N–H and O–H groups in total. The predicted molar refractivity (Wildman–Crippen MR) is 105 cm³/mol. The van der Waals surface area contributed by atoms with Gasteiger partial charge in [-0.25, -0.2) is 0 Å². The van der Waals surface area contributed by atoms with E-state index in [1.165, 1.54) is 0 Å². The Labute approximate surface area is 158 Å². The maximum absolute atomic E-state index is 12.3. The van der Waals surface area contributed by atoms with E-state index in [9.17, 15) is 9.59 Å². The van der Waals surface area contributed by atoms with Gasteiger partial charge in [0.2, 0.25) is 5.89 Å². The zero-order chi connectivity index (χ0) is 19.2. The Kier molecular flexibility index (Phi) is 6.01. The van der Waals surface area contributed by atoms with E-state index in [2.05, 4.69) is 11.9 Å². The van der Waals surface area contributed by atoms with Gasteiger partial charge >= 0.3 is 5.97 Å². The van der Waals surface area contributed by atoms with Crippen LogP contribution in [0.25, 0.3) is 22.4 Å². The molecule has 1 heterocycles. The van der Waals surface area contributed by atoms with Gasteiger partial charge in [-0.15, -0.1) is 0 Å². The molecule has 5 heteroatoms. The molecular weight excluding hydrogens is 342 g/mol. The molecule has 0 saturated carbocycles. The van der Waals surface area contributed by atoms with E-state index in [-0.39, 0.29) is 23.3 Å². The van der Waals surface area contributed by atoms with Crippen molar-refractivity contribution < 1.29 is 13.9 Å². The van der Waals surface area contributed by atoms with Crippen molar-refractivity contribution >= 4 is 16.9 Å². The minimum atomic E-state index is -0.330. The summed E-state index contributed by atoms with van der Waals surface area (Å²) < 4.78 is 11.2. The van der Waals surface area contributed by atoms with Gasteiger partial charge in [0.15, 0.2) is 0 Å². The van der Waals surface area contributed by atoms with Crippen LogP contribution in [-0.2, 0) is 4.79 Å². The molecule has 5 nitrogen and oxygen atoms in total. The van der Waals surface area contributed by atoms with Crippen LogP contribution in [0.1, 0.15) is 39.5 Å². The molecule has 1 unspecified atom stereocenters. The number of nitrogens with zero attached hydrogens (tertiary/aromatic N) is 1. The number of carbonyl (C=O) groups is 1. The molecule has 1 atom stereocenters. The lowest BCUT2D eigenvalue weighted by atomic mass is 10.00. The highest BCUT2D eigenvalue weighted by Crippen LogP contribution is 2.24. The summed E-state index contributed by atoms with van der Waals surface area (Å²) in [5.74, 6) is 0.437. The van der Waals surface area contributed by atoms with Gasteiger partial charge < -0.3 is 9.15 Å². The Morgan fingerprint density at radius 2 is 1.85 bits per heavy atom. The maximum Gasteiger partial charge on any atom is 0.314 e. The minimum absolute atomic E-state index is 0.0789. The molecule has 3 aromatic rings. The second kappa shape index (κ2) is 8.62. The van der Waals surface area contributed by atoms with Crippen LogP contribution in [0.5, 0.6) is 5.75 Å². The predicted octanol–water partition coefficient (Wildman–Crippen LogP) is 4.98. The summed E-state index contributed by atoms with van der Waals surface area (Å²) in [6.07, 6.45) is 3.68. The molecule has 140 valence electrons. The molecule has 0 radical (unpaired) electrons. The molecule has 0 aliphatic carbocycles. The third-order valence-corrected chi connectivity index (χ3v) is 4.58. The fraction of sp³-hybridized carbons (Fsp3) is 0.318. The number of benzene rings is 2. The molecule has 3 rings (SSSR count). The third kappa shape index (κ3) is 4.42. The van der Waals surface area contributed by atoms with E-state index in [1.807, 2.05) is 6.92 Å². The molecule has 0 aliphatic rings. The largest absolute Gasteiger partial charge is 0.437 e. The highest BCUT2D eigenvalue weighted by molar-refractivity contribution is 5.77. The van der Waals surface area contributed by atoms with E-state index in [1.54, 1.807) is 48.5 Å². The van der Waals surface area contributed by atoms with Crippen molar-refractivity contribution in [2.45, 2.75) is 39.5 Å². The number of hydrogen-bond donors (Lipinski definition) is 0. The Hall–Kier alpha value is -2.95. The summed E-state index contributed by atoms with van der Waals surface area (Å²) in [5, 5.41) is 0.449. The zero-order valence-electron chi connectivity index (χ0n) is 15.6. The van der Waals surface area contributed by atoms with E-state index in [4.69, 9.17) is 9.15 Å². The first-order valence-electron chi connectivity index (χ1n) is 9.34. The Morgan fingerprint density at radius 1 is 1.11 bits per heavy atom. The molecule has 1 aromatic heterocycles. The third-order valence-electron chi connectivity index (χ3n) is 4.58. The SMILES string of the molecule is CCCCC(CC)C(=O)Oc1ccc(-c2nc(=O)c3ccccc3o2)cc1. The molecule has 0 fully saturated rings. The number of hydrogen-bond acceptors (Lipinski definition) is 5. The lowest BCUT2D eigenvalue weighted by Crippen LogP contribution is -2.19. The van der Waals surface area contributed by atoms with Crippen LogP contribution in [0.2, 0.25) is 0 Å². The van der Waals surface area contributed by atoms with Crippen LogP contribution in [-0.4, -0.2) is 11.0 Å². The molecule has 0 saturated heterocycles.